The molecule has 0 radical (unpaired) electrons. The molecule has 36 nitrogen and oxygen atoms in total. The second kappa shape index (κ2) is 55.0. The molecule has 10 N–H and O–H groups in total. The molecule has 0 rings (SSSR count). The average molecular weight is 1630 g/mol. The van der Waals surface area contributed by atoms with Gasteiger partial charge in [-0.1, -0.05) is 104 Å². The molecule has 0 aromatic carbocycles. The third-order valence-corrected chi connectivity index (χ3v) is 16.6. The molecule has 36 heteroatoms. The van der Waals surface area contributed by atoms with Crippen LogP contribution in [-0.4, -0.2) is 408 Å². The molecule has 0 saturated heterocycles. The van der Waals surface area contributed by atoms with E-state index in [2.05, 4.69) is 5.32 Å². The van der Waals surface area contributed by atoms with Crippen LogP contribution in [0, 0.1) is 41.4 Å². The molecule has 0 aliphatic carbocycles. The molecule has 0 fully saturated rings. The molecule has 7 unspecified atom stereocenters. The predicted molar refractivity (Wildman–Crippen MR) is 430 cm³/mol. The quantitative estimate of drug-likeness (QED) is 0.0310. The van der Waals surface area contributed by atoms with Gasteiger partial charge in [0.25, 0.3) is 0 Å². The Morgan fingerprint density at radius 3 is 0.447 bits per heavy atom. The van der Waals surface area contributed by atoms with Crippen molar-refractivity contribution < 1.29 is 103 Å². The topological polar surface area (TPSA) is 461 Å². The Kier molecular flexibility index (Phi) is 52.2. The highest BCUT2D eigenvalue weighted by Crippen LogP contribution is 2.15. The fourth-order valence-electron chi connectivity index (χ4n) is 12.1. The number of rotatable bonds is 56. The van der Waals surface area contributed by atoms with Gasteiger partial charge in [-0.3, -0.25) is 67.1 Å². The van der Waals surface area contributed by atoms with Gasteiger partial charge in [0.05, 0.1) is 134 Å². The number of amides is 14. The van der Waals surface area contributed by atoms with Gasteiger partial charge < -0.3 is 110 Å². The lowest BCUT2D eigenvalue weighted by Gasteiger charge is -2.34. The summed E-state index contributed by atoms with van der Waals surface area (Å²) in [5.74, 6) is -11.2. The molecule has 0 aliphatic heterocycles. The van der Waals surface area contributed by atoms with Crippen LogP contribution in [-0.2, 0) is 67.1 Å². The van der Waals surface area contributed by atoms with Gasteiger partial charge in [-0.25, -0.2) is 0 Å². The number of nitrogens with two attached hydrogens (primary N) is 1. The number of hydrogen-bond donors (Lipinski definition) is 9. The van der Waals surface area contributed by atoms with Crippen LogP contribution in [0.4, 0.5) is 0 Å². The van der Waals surface area contributed by atoms with E-state index in [0.717, 1.165) is 34.3 Å². The maximum atomic E-state index is 14.7. The summed E-state index contributed by atoms with van der Waals surface area (Å²) in [4.78, 5) is 212. The van der Waals surface area contributed by atoms with E-state index < -0.39 is 231 Å². The summed E-state index contributed by atoms with van der Waals surface area (Å²) in [6.07, 6.45) is -8.89. The third kappa shape index (κ3) is 46.7. The van der Waals surface area contributed by atoms with E-state index >= 15 is 0 Å². The number of carbonyl (C=O) groups excluding carboxylic acids is 14. The zero-order valence-electron chi connectivity index (χ0n) is 71.6. The predicted octanol–water partition coefficient (Wildman–Crippen LogP) is -2.27. The Morgan fingerprint density at radius 1 is 0.211 bits per heavy atom. The number of aliphatic hydroxyl groups is 7. The smallest absolute Gasteiger partial charge is 0.242 e. The molecule has 0 spiro atoms. The van der Waals surface area contributed by atoms with Crippen molar-refractivity contribution in [1.29, 1.82) is 0 Å². The van der Waals surface area contributed by atoms with E-state index in [9.17, 15) is 103 Å². The monoisotopic (exact) mass is 1630 g/mol. The normalized spacial score (nSPS) is 13.3. The molecule has 0 aromatic rings. The summed E-state index contributed by atoms with van der Waals surface area (Å²) in [5, 5.41) is 76.7. The molecule has 0 heterocycles. The summed E-state index contributed by atoms with van der Waals surface area (Å²) in [5.41, 5.74) is 5.32. The molecular weight excluding hydrogens is 1480 g/mol. The van der Waals surface area contributed by atoms with Gasteiger partial charge in [-0.2, -0.15) is 0 Å². The highest BCUT2D eigenvalue weighted by Gasteiger charge is 2.36. The standard InChI is InChI=1S/C77H143N15O21.CH4/c1-50(2)22-79-23-65(101)80(24-51(3)4)38-66(102)81(25-52(5)6)39-67(103)82(26-53(7)8)40-68(104)83(27-54(9)10)41-69(105)84(28-55(11)12)42-70(106)85(29-56(13)14)43-72(108)88(32-59(17)95)45-74(110)90(34-61(19)97)47-76(112)92(36-63(21)99)49-77(113)91(35-62(20)98)48-75(111)89(33-60(18)96)46-73(109)87(31-58(16)94)44-71(107)86(30-57(15)93)37-64(78)100;/h50-63,79,93-99H,22-49H2,1-21H3,(H2,78,100);1H4. The van der Waals surface area contributed by atoms with Crippen molar-refractivity contribution in [3.63, 3.8) is 0 Å². The van der Waals surface area contributed by atoms with Gasteiger partial charge in [0.15, 0.2) is 0 Å². The Hall–Kier alpha value is -7.74. The van der Waals surface area contributed by atoms with E-state index in [0.29, 0.717) is 19.0 Å². The van der Waals surface area contributed by atoms with E-state index in [4.69, 9.17) is 5.73 Å². The van der Waals surface area contributed by atoms with Crippen LogP contribution in [0.1, 0.15) is 153 Å². The number of primary amides is 1. The lowest BCUT2D eigenvalue weighted by atomic mass is 10.1. The molecule has 0 aromatic heterocycles. The summed E-state index contributed by atoms with van der Waals surface area (Å²) in [7, 11) is 0. The van der Waals surface area contributed by atoms with Gasteiger partial charge in [-0.05, 0) is 96.4 Å². The zero-order chi connectivity index (χ0) is 87.2. The second-order valence-electron chi connectivity index (χ2n) is 33.4. The van der Waals surface area contributed by atoms with Crippen molar-refractivity contribution in [1.82, 2.24) is 69.0 Å². The zero-order valence-corrected chi connectivity index (χ0v) is 71.6. The van der Waals surface area contributed by atoms with Gasteiger partial charge in [-0.15, -0.1) is 0 Å². The summed E-state index contributed by atoms with van der Waals surface area (Å²) in [6, 6.07) is 0. The summed E-state index contributed by atoms with van der Waals surface area (Å²) >= 11 is 0. The first-order valence-electron chi connectivity index (χ1n) is 39.6. The van der Waals surface area contributed by atoms with E-state index in [1.807, 2.05) is 83.1 Å². The van der Waals surface area contributed by atoms with Crippen LogP contribution in [0.15, 0.2) is 0 Å². The SMILES string of the molecule is C.CC(C)CNCC(=O)N(CC(=O)N(CC(=O)N(CC(=O)N(CC(=O)N(CC(=O)N(CC(=O)N(CC(=O)N(CC(=O)N(CC(=O)N(CC(=O)N(CC(=O)N(CC(=O)N(CC(N)=O)CC(C)O)CC(C)O)CC(C)O)CC(C)O)CC(C)O)CC(C)O)CC(C)O)CC(C)C)CC(C)C)CC(C)C)CC(C)C)CC(C)C)CC(C)C. The van der Waals surface area contributed by atoms with Gasteiger partial charge in [0.2, 0.25) is 82.7 Å². The third-order valence-electron chi connectivity index (χ3n) is 16.6. The number of nitrogens with zero attached hydrogens (tertiary/aromatic N) is 13. The van der Waals surface area contributed by atoms with Gasteiger partial charge in [0, 0.05) is 85.1 Å². The molecule has 114 heavy (non-hydrogen) atoms. The fourth-order valence-corrected chi connectivity index (χ4v) is 12.1. The number of hydrogen-bond acceptors (Lipinski definition) is 22. The van der Waals surface area contributed by atoms with Crippen LogP contribution >= 0.6 is 0 Å². The maximum absolute atomic E-state index is 14.7. The first-order valence-corrected chi connectivity index (χ1v) is 39.6. The van der Waals surface area contributed by atoms with Crippen LogP contribution in [0.3, 0.4) is 0 Å². The van der Waals surface area contributed by atoms with Crippen molar-refractivity contribution in [3.8, 4) is 0 Å². The minimum Gasteiger partial charge on any atom is -0.392 e. The lowest BCUT2D eigenvalue weighted by Crippen LogP contribution is -2.55. The van der Waals surface area contributed by atoms with Crippen LogP contribution in [0.2, 0.25) is 0 Å². The summed E-state index contributed by atoms with van der Waals surface area (Å²) < 4.78 is 0. The van der Waals surface area contributed by atoms with Crippen molar-refractivity contribution in [2.75, 3.05) is 183 Å². The Balaban J connectivity index is 0. The molecule has 7 atom stereocenters. The Bertz CT molecular complexity index is 3000. The van der Waals surface area contributed by atoms with Crippen LogP contribution in [0.5, 0.6) is 0 Å². The summed E-state index contributed by atoms with van der Waals surface area (Å²) in [6.45, 7) is 24.7. The van der Waals surface area contributed by atoms with E-state index in [1.54, 1.807) is 13.8 Å². The number of carbonyl (C=O) groups is 14. The van der Waals surface area contributed by atoms with Gasteiger partial charge in [0.1, 0.15) is 0 Å². The van der Waals surface area contributed by atoms with E-state index in [1.165, 1.54) is 77.9 Å². The Labute approximate surface area is 677 Å². The average Bonchev–Trinajstić information content (AvgIpc) is 0.852. The maximum Gasteiger partial charge on any atom is 0.242 e. The molecular formula is C78H147N15O21. The minimum atomic E-state index is -1.33. The lowest BCUT2D eigenvalue weighted by molar-refractivity contribution is -0.151. The van der Waals surface area contributed by atoms with Crippen molar-refractivity contribution in [2.24, 2.45) is 47.2 Å². The molecule has 0 aliphatic rings. The van der Waals surface area contributed by atoms with Gasteiger partial charge >= 0.3 is 0 Å². The fraction of sp³-hybridized carbons (Fsp3) is 0.821. The molecule has 0 saturated carbocycles. The molecule has 14 amide bonds. The first-order chi connectivity index (χ1) is 52.2. The largest absolute Gasteiger partial charge is 0.392 e. The second-order valence-corrected chi connectivity index (χ2v) is 33.4. The van der Waals surface area contributed by atoms with Crippen LogP contribution in [0.25, 0.3) is 0 Å². The van der Waals surface area contributed by atoms with E-state index in [-0.39, 0.29) is 108 Å². The first kappa shape index (κ1) is 108. The van der Waals surface area contributed by atoms with Crippen molar-refractivity contribution >= 4 is 82.7 Å². The minimum absolute atomic E-state index is 0. The highest BCUT2D eigenvalue weighted by molar-refractivity contribution is 5.96. The Morgan fingerprint density at radius 2 is 0.333 bits per heavy atom. The number of aliphatic hydroxyl groups excluding tert-OH is 7. The molecule has 660 valence electrons. The van der Waals surface area contributed by atoms with Crippen molar-refractivity contribution in [3.05, 3.63) is 0 Å². The number of nitrogens with one attached hydrogen (secondary N) is 1. The van der Waals surface area contributed by atoms with Crippen molar-refractivity contribution in [2.45, 2.75) is 196 Å². The highest BCUT2D eigenvalue weighted by atomic mass is 16.3. The molecule has 0 bridgehead atoms. The van der Waals surface area contributed by atoms with Crippen LogP contribution < -0.4 is 11.1 Å².